The monoisotopic (exact) mass is 346 g/mol. The molecule has 130 valence electrons. The van der Waals surface area contributed by atoms with Gasteiger partial charge in [0.1, 0.15) is 5.82 Å². The van der Waals surface area contributed by atoms with E-state index in [-0.39, 0.29) is 5.82 Å². The Hall–Kier alpha value is -3.14. The summed E-state index contributed by atoms with van der Waals surface area (Å²) >= 11 is 0. The molecule has 4 heteroatoms. The molecule has 1 aromatic heterocycles. The number of nitrogens with two attached hydrogens (primary N) is 1. The Balaban J connectivity index is 2.05. The molecule has 4 rings (SSSR count). The van der Waals surface area contributed by atoms with Crippen LogP contribution in [0, 0.1) is 5.82 Å². The molecular formula is C22H19FN2O. The van der Waals surface area contributed by atoms with E-state index in [0.717, 1.165) is 28.2 Å². The van der Waals surface area contributed by atoms with Gasteiger partial charge in [-0.1, -0.05) is 37.3 Å². The van der Waals surface area contributed by atoms with Crippen molar-refractivity contribution in [3.8, 4) is 0 Å². The lowest BCUT2D eigenvalue weighted by atomic mass is 10.1. The van der Waals surface area contributed by atoms with Gasteiger partial charge >= 0.3 is 0 Å². The predicted molar refractivity (Wildman–Crippen MR) is 103 cm³/mol. The van der Waals surface area contributed by atoms with E-state index in [1.807, 2.05) is 24.3 Å². The van der Waals surface area contributed by atoms with Gasteiger partial charge in [-0.3, -0.25) is 4.79 Å². The average Bonchev–Trinajstić information content (AvgIpc) is 2.95. The number of hydrogen-bond donors (Lipinski definition) is 1. The number of carbonyl (C=O) groups is 1. The topological polar surface area (TPSA) is 48.0 Å². The zero-order chi connectivity index (χ0) is 18.3. The Bertz CT molecular complexity index is 1140. The van der Waals surface area contributed by atoms with Gasteiger partial charge in [-0.2, -0.15) is 0 Å². The van der Waals surface area contributed by atoms with Crippen molar-refractivity contribution >= 4 is 27.7 Å². The van der Waals surface area contributed by atoms with Gasteiger partial charge in [0.25, 0.3) is 0 Å². The van der Waals surface area contributed by atoms with Crippen molar-refractivity contribution in [1.82, 2.24) is 4.57 Å². The first kappa shape index (κ1) is 16.3. The molecule has 3 nitrogen and oxygen atoms in total. The van der Waals surface area contributed by atoms with Gasteiger partial charge in [-0.15, -0.1) is 0 Å². The van der Waals surface area contributed by atoms with Crippen LogP contribution in [0.5, 0.6) is 0 Å². The third kappa shape index (κ3) is 2.54. The molecule has 0 unspecified atom stereocenters. The summed E-state index contributed by atoms with van der Waals surface area (Å²) in [5.74, 6) is -0.779. The zero-order valence-corrected chi connectivity index (χ0v) is 14.5. The van der Waals surface area contributed by atoms with E-state index < -0.39 is 5.91 Å². The summed E-state index contributed by atoms with van der Waals surface area (Å²) in [6.07, 6.45) is 0.925. The van der Waals surface area contributed by atoms with E-state index in [1.54, 1.807) is 12.1 Å². The van der Waals surface area contributed by atoms with Crippen LogP contribution in [-0.4, -0.2) is 10.5 Å². The molecule has 3 aromatic carbocycles. The second kappa shape index (κ2) is 6.30. The zero-order valence-electron chi connectivity index (χ0n) is 14.5. The van der Waals surface area contributed by atoms with Crippen molar-refractivity contribution in [2.75, 3.05) is 0 Å². The van der Waals surface area contributed by atoms with Crippen LogP contribution in [0.1, 0.15) is 28.4 Å². The molecule has 2 N–H and O–H groups in total. The Morgan fingerprint density at radius 2 is 1.77 bits per heavy atom. The van der Waals surface area contributed by atoms with Crippen LogP contribution >= 0.6 is 0 Å². The maximum absolute atomic E-state index is 14.0. The number of rotatable bonds is 4. The molecule has 0 aliphatic carbocycles. The number of primary amides is 1. The summed E-state index contributed by atoms with van der Waals surface area (Å²) in [5, 5.41) is 1.62. The summed E-state index contributed by atoms with van der Waals surface area (Å²) in [6.45, 7) is 2.73. The van der Waals surface area contributed by atoms with E-state index in [1.165, 1.54) is 23.3 Å². The molecule has 0 atom stereocenters. The average molecular weight is 346 g/mol. The lowest BCUT2D eigenvalue weighted by molar-refractivity contribution is 0.100. The molecule has 1 heterocycles. The molecule has 4 aromatic rings. The first-order valence-electron chi connectivity index (χ1n) is 8.67. The predicted octanol–water partition coefficient (Wildman–Crippen LogP) is 4.64. The molecule has 0 saturated carbocycles. The van der Waals surface area contributed by atoms with E-state index in [4.69, 9.17) is 5.73 Å². The molecule has 26 heavy (non-hydrogen) atoms. The maximum atomic E-state index is 14.0. The fourth-order valence-electron chi connectivity index (χ4n) is 3.72. The van der Waals surface area contributed by atoms with Crippen LogP contribution in [0.2, 0.25) is 0 Å². The SMILES string of the molecule is CCc1ccccc1Cn1c2cc(F)ccc2c2c(C(N)=O)cccc21. The second-order valence-electron chi connectivity index (χ2n) is 6.43. The third-order valence-electron chi connectivity index (χ3n) is 4.95. The van der Waals surface area contributed by atoms with Gasteiger partial charge in [0.2, 0.25) is 5.91 Å². The first-order valence-corrected chi connectivity index (χ1v) is 8.67. The lowest BCUT2D eigenvalue weighted by Crippen LogP contribution is -2.11. The Kier molecular flexibility index (Phi) is 3.96. The number of amides is 1. The number of nitrogens with zero attached hydrogens (tertiary/aromatic N) is 1. The summed E-state index contributed by atoms with van der Waals surface area (Å²) in [6, 6.07) is 18.4. The minimum atomic E-state index is -0.479. The Morgan fingerprint density at radius 3 is 2.50 bits per heavy atom. The fourth-order valence-corrected chi connectivity index (χ4v) is 3.72. The summed E-state index contributed by atoms with van der Waals surface area (Å²) < 4.78 is 16.0. The number of benzene rings is 3. The first-order chi connectivity index (χ1) is 12.6. The quantitative estimate of drug-likeness (QED) is 0.575. The molecule has 1 amide bonds. The van der Waals surface area contributed by atoms with E-state index >= 15 is 0 Å². The lowest BCUT2D eigenvalue weighted by Gasteiger charge is -2.12. The van der Waals surface area contributed by atoms with Crippen molar-refractivity contribution in [3.05, 3.63) is 83.2 Å². The van der Waals surface area contributed by atoms with Crippen LogP contribution in [-0.2, 0) is 13.0 Å². The van der Waals surface area contributed by atoms with E-state index in [2.05, 4.69) is 23.6 Å². The van der Waals surface area contributed by atoms with Gasteiger partial charge in [-0.25, -0.2) is 4.39 Å². The number of carbonyl (C=O) groups excluding carboxylic acids is 1. The highest BCUT2D eigenvalue weighted by Crippen LogP contribution is 2.33. The largest absolute Gasteiger partial charge is 0.366 e. The number of fused-ring (bicyclic) bond motifs is 3. The molecule has 0 saturated heterocycles. The highest BCUT2D eigenvalue weighted by atomic mass is 19.1. The van der Waals surface area contributed by atoms with Crippen LogP contribution in [0.25, 0.3) is 21.8 Å². The number of aromatic nitrogens is 1. The van der Waals surface area contributed by atoms with Gasteiger partial charge in [0.05, 0.1) is 11.0 Å². The third-order valence-corrected chi connectivity index (χ3v) is 4.95. The van der Waals surface area contributed by atoms with Crippen LogP contribution < -0.4 is 5.73 Å². The highest BCUT2D eigenvalue weighted by Gasteiger charge is 2.17. The molecular weight excluding hydrogens is 327 g/mol. The number of halogens is 1. The van der Waals surface area contributed by atoms with Gasteiger partial charge in [0, 0.05) is 22.9 Å². The molecule has 0 spiro atoms. The summed E-state index contributed by atoms with van der Waals surface area (Å²) in [4.78, 5) is 11.9. The smallest absolute Gasteiger partial charge is 0.249 e. The Morgan fingerprint density at radius 1 is 1.00 bits per heavy atom. The number of aryl methyl sites for hydroxylation is 1. The molecule has 0 aliphatic heterocycles. The highest BCUT2D eigenvalue weighted by molar-refractivity contribution is 6.17. The molecule has 0 fully saturated rings. The second-order valence-corrected chi connectivity index (χ2v) is 6.43. The van der Waals surface area contributed by atoms with Crippen molar-refractivity contribution in [3.63, 3.8) is 0 Å². The standard InChI is InChI=1S/C22H19FN2O/c1-2-14-6-3-4-7-15(14)13-25-19-9-5-8-18(22(24)26)21(19)17-11-10-16(23)12-20(17)25/h3-12H,2,13H2,1H3,(H2,24,26). The molecule has 0 bridgehead atoms. The van der Waals surface area contributed by atoms with Crippen LogP contribution in [0.4, 0.5) is 4.39 Å². The van der Waals surface area contributed by atoms with Crippen molar-refractivity contribution < 1.29 is 9.18 Å². The normalized spacial score (nSPS) is 11.3. The van der Waals surface area contributed by atoms with Crippen LogP contribution in [0.15, 0.2) is 60.7 Å². The summed E-state index contributed by atoms with van der Waals surface area (Å²) in [7, 11) is 0. The minimum Gasteiger partial charge on any atom is -0.366 e. The molecule has 0 radical (unpaired) electrons. The fraction of sp³-hybridized carbons (Fsp3) is 0.136. The van der Waals surface area contributed by atoms with Crippen molar-refractivity contribution in [1.29, 1.82) is 0 Å². The minimum absolute atomic E-state index is 0.300. The summed E-state index contributed by atoms with van der Waals surface area (Å²) in [5.41, 5.74) is 10.1. The van der Waals surface area contributed by atoms with E-state index in [0.29, 0.717) is 12.1 Å². The molecule has 0 aliphatic rings. The van der Waals surface area contributed by atoms with Gasteiger partial charge in [0.15, 0.2) is 0 Å². The Labute approximate surface area is 150 Å². The van der Waals surface area contributed by atoms with Crippen LogP contribution in [0.3, 0.4) is 0 Å². The van der Waals surface area contributed by atoms with E-state index in [9.17, 15) is 9.18 Å². The van der Waals surface area contributed by atoms with Crippen molar-refractivity contribution in [2.24, 2.45) is 5.73 Å². The maximum Gasteiger partial charge on any atom is 0.249 e. The number of hydrogen-bond acceptors (Lipinski definition) is 1. The van der Waals surface area contributed by atoms with Crippen molar-refractivity contribution in [2.45, 2.75) is 19.9 Å². The van der Waals surface area contributed by atoms with Gasteiger partial charge in [-0.05, 0) is 47.9 Å². The van der Waals surface area contributed by atoms with Gasteiger partial charge < -0.3 is 10.3 Å².